The Balaban J connectivity index is 1.61. The number of fused-ring (bicyclic) bond motifs is 1. The van der Waals surface area contributed by atoms with Gasteiger partial charge in [-0.1, -0.05) is 19.1 Å². The van der Waals surface area contributed by atoms with Crippen LogP contribution in [0.2, 0.25) is 0 Å². The maximum Gasteiger partial charge on any atom is 0.232 e. The summed E-state index contributed by atoms with van der Waals surface area (Å²) in [5, 5.41) is 4.68. The van der Waals surface area contributed by atoms with Gasteiger partial charge in [-0.25, -0.2) is 9.50 Å². The van der Waals surface area contributed by atoms with Crippen LogP contribution in [0.4, 0.5) is 0 Å². The van der Waals surface area contributed by atoms with Gasteiger partial charge in [0.1, 0.15) is 6.10 Å². The second-order valence-corrected chi connectivity index (χ2v) is 7.11. The van der Waals surface area contributed by atoms with Crippen LogP contribution in [0, 0.1) is 0 Å². The molecule has 130 valence electrons. The third-order valence-corrected chi connectivity index (χ3v) is 5.43. The molecule has 25 heavy (non-hydrogen) atoms. The van der Waals surface area contributed by atoms with Crippen LogP contribution in [-0.4, -0.2) is 51.5 Å². The van der Waals surface area contributed by atoms with Crippen molar-refractivity contribution in [2.75, 3.05) is 25.9 Å². The third kappa shape index (κ3) is 3.37. The lowest BCUT2D eigenvalue weighted by molar-refractivity contribution is 0.192. The average molecular weight is 354 g/mol. The highest BCUT2D eigenvalue weighted by Gasteiger charge is 2.23. The van der Waals surface area contributed by atoms with E-state index in [0.29, 0.717) is 5.88 Å². The van der Waals surface area contributed by atoms with E-state index in [1.807, 2.05) is 22.8 Å². The Morgan fingerprint density at radius 3 is 2.76 bits per heavy atom. The van der Waals surface area contributed by atoms with Crippen LogP contribution in [0.3, 0.4) is 0 Å². The van der Waals surface area contributed by atoms with Crippen molar-refractivity contribution in [3.05, 3.63) is 42.6 Å². The lowest BCUT2D eigenvalue weighted by Gasteiger charge is -2.14. The van der Waals surface area contributed by atoms with Gasteiger partial charge in [0.15, 0.2) is 5.65 Å². The van der Waals surface area contributed by atoms with Crippen molar-refractivity contribution in [3.63, 3.8) is 0 Å². The molecular formula is C19H22N4OS. The van der Waals surface area contributed by atoms with E-state index in [-0.39, 0.29) is 6.10 Å². The lowest BCUT2D eigenvalue weighted by atomic mass is 10.2. The molecule has 0 bridgehead atoms. The fraction of sp³-hybridized carbons (Fsp3) is 0.368. The highest BCUT2D eigenvalue weighted by atomic mass is 32.2. The second kappa shape index (κ2) is 7.06. The summed E-state index contributed by atoms with van der Waals surface area (Å²) in [6, 6.07) is 12.3. The quantitative estimate of drug-likeness (QED) is 0.655. The molecule has 1 unspecified atom stereocenters. The molecule has 0 spiro atoms. The van der Waals surface area contributed by atoms with E-state index in [1.54, 1.807) is 11.8 Å². The predicted molar refractivity (Wildman–Crippen MR) is 101 cm³/mol. The number of hydrogen-bond donors (Lipinski definition) is 0. The average Bonchev–Trinajstić information content (AvgIpc) is 3.28. The Labute approximate surface area is 152 Å². The summed E-state index contributed by atoms with van der Waals surface area (Å²) in [6.07, 6.45) is 5.23. The van der Waals surface area contributed by atoms with Crippen molar-refractivity contribution in [2.45, 2.75) is 24.3 Å². The van der Waals surface area contributed by atoms with E-state index in [1.165, 1.54) is 4.90 Å². The van der Waals surface area contributed by atoms with Gasteiger partial charge in [0.05, 0.1) is 11.9 Å². The molecule has 1 fully saturated rings. The number of nitrogens with zero attached hydrogens (tertiary/aromatic N) is 4. The molecule has 0 N–H and O–H groups in total. The van der Waals surface area contributed by atoms with Crippen LogP contribution in [0.15, 0.2) is 47.5 Å². The van der Waals surface area contributed by atoms with Crippen LogP contribution < -0.4 is 4.74 Å². The molecule has 4 rings (SSSR count). The Morgan fingerprint density at radius 1 is 1.20 bits per heavy atom. The van der Waals surface area contributed by atoms with Crippen molar-refractivity contribution in [2.24, 2.45) is 0 Å². The van der Waals surface area contributed by atoms with E-state index in [0.717, 1.165) is 43.0 Å². The number of ether oxygens (including phenoxy) is 1. The molecule has 2 aromatic heterocycles. The van der Waals surface area contributed by atoms with Gasteiger partial charge in [-0.05, 0) is 37.4 Å². The number of thioether (sulfide) groups is 1. The molecule has 3 heterocycles. The first-order valence-electron chi connectivity index (χ1n) is 8.65. The second-order valence-electron chi connectivity index (χ2n) is 6.24. The minimum absolute atomic E-state index is 0.220. The lowest BCUT2D eigenvalue weighted by Crippen LogP contribution is -2.24. The molecule has 1 aliphatic rings. The van der Waals surface area contributed by atoms with E-state index in [9.17, 15) is 0 Å². The topological polar surface area (TPSA) is 42.7 Å². The van der Waals surface area contributed by atoms with E-state index in [4.69, 9.17) is 4.74 Å². The Hall–Kier alpha value is -2.05. The van der Waals surface area contributed by atoms with Gasteiger partial charge in [-0.2, -0.15) is 0 Å². The van der Waals surface area contributed by atoms with Gasteiger partial charge in [0.25, 0.3) is 0 Å². The van der Waals surface area contributed by atoms with Gasteiger partial charge < -0.3 is 4.74 Å². The zero-order valence-corrected chi connectivity index (χ0v) is 15.4. The fourth-order valence-electron chi connectivity index (χ4n) is 3.23. The zero-order chi connectivity index (χ0) is 17.2. The molecule has 1 saturated heterocycles. The number of likely N-dealkylation sites (tertiary alicyclic amines) is 1. The van der Waals surface area contributed by atoms with Gasteiger partial charge in [-0.3, -0.25) is 4.90 Å². The number of imidazole rings is 1. The zero-order valence-electron chi connectivity index (χ0n) is 14.6. The minimum Gasteiger partial charge on any atom is -0.472 e. The van der Waals surface area contributed by atoms with E-state index in [2.05, 4.69) is 52.4 Å². The van der Waals surface area contributed by atoms with Gasteiger partial charge in [-0.15, -0.1) is 16.9 Å². The summed E-state index contributed by atoms with van der Waals surface area (Å²) >= 11 is 1.74. The van der Waals surface area contributed by atoms with Crippen LogP contribution in [0.1, 0.15) is 13.3 Å². The van der Waals surface area contributed by atoms with Crippen molar-refractivity contribution >= 4 is 17.4 Å². The Kier molecular flexibility index (Phi) is 4.63. The summed E-state index contributed by atoms with van der Waals surface area (Å²) < 4.78 is 7.98. The summed E-state index contributed by atoms with van der Waals surface area (Å²) in [5.41, 5.74) is 2.92. The molecule has 0 aliphatic carbocycles. The first-order valence-corrected chi connectivity index (χ1v) is 9.87. The molecular weight excluding hydrogens is 332 g/mol. The van der Waals surface area contributed by atoms with Gasteiger partial charge in [0.2, 0.25) is 5.88 Å². The SMILES string of the molecule is CCN1CCC(Oc2ccc3ncc(-c4ccc(SC)cc4)n3n2)C1. The largest absolute Gasteiger partial charge is 0.472 e. The number of benzene rings is 1. The van der Waals surface area contributed by atoms with Crippen LogP contribution in [0.5, 0.6) is 5.88 Å². The number of likely N-dealkylation sites (N-methyl/N-ethyl adjacent to an activating group) is 1. The highest BCUT2D eigenvalue weighted by Crippen LogP contribution is 2.25. The standard InChI is InChI=1S/C19H22N4OS/c1-3-22-11-10-15(13-22)24-19-9-8-18-20-12-17(23(18)21-19)14-4-6-16(25-2)7-5-14/h4-9,12,15H,3,10-11,13H2,1-2H3. The first kappa shape index (κ1) is 16.4. The molecule has 1 atom stereocenters. The fourth-order valence-corrected chi connectivity index (χ4v) is 3.64. The summed E-state index contributed by atoms with van der Waals surface area (Å²) in [6.45, 7) is 5.33. The van der Waals surface area contributed by atoms with Gasteiger partial charge >= 0.3 is 0 Å². The summed E-state index contributed by atoms with van der Waals surface area (Å²) in [7, 11) is 0. The number of aromatic nitrogens is 3. The predicted octanol–water partition coefficient (Wildman–Crippen LogP) is 3.59. The summed E-state index contributed by atoms with van der Waals surface area (Å²) in [4.78, 5) is 8.12. The minimum atomic E-state index is 0.220. The van der Waals surface area contributed by atoms with Crippen molar-refractivity contribution < 1.29 is 4.74 Å². The normalized spacial score (nSPS) is 18.1. The monoisotopic (exact) mass is 354 g/mol. The summed E-state index contributed by atoms with van der Waals surface area (Å²) in [5.74, 6) is 0.662. The van der Waals surface area contributed by atoms with Crippen LogP contribution >= 0.6 is 11.8 Å². The molecule has 0 radical (unpaired) electrons. The van der Waals surface area contributed by atoms with Crippen molar-refractivity contribution in [1.82, 2.24) is 19.5 Å². The molecule has 3 aromatic rings. The van der Waals surface area contributed by atoms with E-state index < -0.39 is 0 Å². The smallest absolute Gasteiger partial charge is 0.232 e. The van der Waals surface area contributed by atoms with E-state index >= 15 is 0 Å². The molecule has 0 amide bonds. The first-order chi connectivity index (χ1) is 12.3. The maximum atomic E-state index is 6.11. The Morgan fingerprint density at radius 2 is 2.04 bits per heavy atom. The van der Waals surface area contributed by atoms with Crippen molar-refractivity contribution in [1.29, 1.82) is 0 Å². The number of rotatable bonds is 5. The molecule has 5 nitrogen and oxygen atoms in total. The van der Waals surface area contributed by atoms with Crippen LogP contribution in [-0.2, 0) is 0 Å². The number of hydrogen-bond acceptors (Lipinski definition) is 5. The third-order valence-electron chi connectivity index (χ3n) is 4.69. The molecule has 1 aromatic carbocycles. The maximum absolute atomic E-state index is 6.11. The molecule has 1 aliphatic heterocycles. The highest BCUT2D eigenvalue weighted by molar-refractivity contribution is 7.98. The molecule has 0 saturated carbocycles. The van der Waals surface area contributed by atoms with Gasteiger partial charge in [0, 0.05) is 29.6 Å². The molecule has 6 heteroatoms. The Bertz CT molecular complexity index is 861. The van der Waals surface area contributed by atoms with Crippen molar-refractivity contribution in [3.8, 4) is 17.1 Å². The van der Waals surface area contributed by atoms with Crippen LogP contribution in [0.25, 0.3) is 16.9 Å².